The van der Waals surface area contributed by atoms with Crippen molar-refractivity contribution in [1.82, 2.24) is 0 Å². The van der Waals surface area contributed by atoms with Crippen molar-refractivity contribution in [1.29, 1.82) is 0 Å². The number of hydrogen-bond acceptors (Lipinski definition) is 7. The van der Waals surface area contributed by atoms with E-state index in [0.717, 1.165) is 24.8 Å². The van der Waals surface area contributed by atoms with E-state index >= 15 is 0 Å². The Morgan fingerprint density at radius 2 is 1.73 bits per heavy atom. The molecule has 1 amide bonds. The Bertz CT molecular complexity index is 832. The van der Waals surface area contributed by atoms with Crippen molar-refractivity contribution in [3.8, 4) is 11.5 Å². The maximum absolute atomic E-state index is 12.0. The molecule has 0 aliphatic heterocycles. The summed E-state index contributed by atoms with van der Waals surface area (Å²) in [5.74, 6) is -0.638. The highest BCUT2D eigenvalue weighted by Gasteiger charge is 2.28. The van der Waals surface area contributed by atoms with Gasteiger partial charge in [0, 0.05) is 12.1 Å². The number of rotatable bonds is 7. The van der Waals surface area contributed by atoms with Crippen molar-refractivity contribution >= 4 is 23.0 Å². The third-order valence-electron chi connectivity index (χ3n) is 3.29. The second kappa shape index (κ2) is 7.92. The van der Waals surface area contributed by atoms with Gasteiger partial charge in [-0.15, -0.1) is 0 Å². The van der Waals surface area contributed by atoms with Crippen LogP contribution in [-0.4, -0.2) is 29.5 Å². The topological polar surface area (TPSA) is 134 Å². The van der Waals surface area contributed by atoms with Gasteiger partial charge in [-0.2, -0.15) is 0 Å². The van der Waals surface area contributed by atoms with Crippen molar-refractivity contribution < 1.29 is 24.1 Å². The van der Waals surface area contributed by atoms with Crippen molar-refractivity contribution in [2.75, 3.05) is 19.0 Å². The molecule has 0 unspecified atom stereocenters. The maximum Gasteiger partial charge on any atom is 0.320 e. The number of nitrogens with one attached hydrogen (secondary N) is 1. The highest BCUT2D eigenvalue weighted by atomic mass is 16.6. The number of nitrogens with zero attached hydrogens (tertiary/aromatic N) is 2. The Balaban J connectivity index is 2.18. The van der Waals surface area contributed by atoms with Gasteiger partial charge in [0.2, 0.25) is 0 Å². The molecular formula is C16H15N3O7. The van der Waals surface area contributed by atoms with Crippen LogP contribution in [0.3, 0.4) is 0 Å². The van der Waals surface area contributed by atoms with Gasteiger partial charge < -0.3 is 14.8 Å². The van der Waals surface area contributed by atoms with Crippen molar-refractivity contribution in [2.24, 2.45) is 0 Å². The minimum atomic E-state index is -0.829. The fraction of sp³-hybridized carbons (Fsp3) is 0.188. The van der Waals surface area contributed by atoms with E-state index in [4.69, 9.17) is 9.47 Å². The minimum absolute atomic E-state index is 0.109. The Hall–Kier alpha value is -3.69. The van der Waals surface area contributed by atoms with Crippen LogP contribution in [0.25, 0.3) is 0 Å². The van der Waals surface area contributed by atoms with E-state index in [1.165, 1.54) is 0 Å². The molecule has 0 aromatic heterocycles. The molecule has 0 saturated carbocycles. The smallest absolute Gasteiger partial charge is 0.320 e. The number of benzene rings is 2. The summed E-state index contributed by atoms with van der Waals surface area (Å²) in [6, 6.07) is 8.99. The summed E-state index contributed by atoms with van der Waals surface area (Å²) in [7, 11) is 1.09. The molecule has 0 aliphatic rings. The Labute approximate surface area is 147 Å². The number of nitro benzene ring substituents is 2. The lowest BCUT2D eigenvalue weighted by atomic mass is 10.2. The maximum atomic E-state index is 12.0. The molecule has 10 heteroatoms. The summed E-state index contributed by atoms with van der Waals surface area (Å²) in [4.78, 5) is 32.5. The predicted octanol–water partition coefficient (Wildman–Crippen LogP) is 2.84. The lowest BCUT2D eigenvalue weighted by Gasteiger charge is -2.09. The predicted molar refractivity (Wildman–Crippen MR) is 91.6 cm³/mol. The first-order valence-electron chi connectivity index (χ1n) is 7.32. The Kier molecular flexibility index (Phi) is 5.68. The van der Waals surface area contributed by atoms with E-state index in [-0.39, 0.29) is 12.3 Å². The molecule has 26 heavy (non-hydrogen) atoms. The van der Waals surface area contributed by atoms with Gasteiger partial charge >= 0.3 is 11.4 Å². The van der Waals surface area contributed by atoms with E-state index in [1.807, 2.05) is 13.0 Å². The van der Waals surface area contributed by atoms with E-state index in [9.17, 15) is 25.0 Å². The molecular weight excluding hydrogens is 346 g/mol. The molecule has 0 spiro atoms. The van der Waals surface area contributed by atoms with Crippen LogP contribution >= 0.6 is 0 Å². The quantitative estimate of drug-likeness (QED) is 0.592. The molecule has 10 nitrogen and oxygen atoms in total. The molecule has 0 radical (unpaired) electrons. The third-order valence-corrected chi connectivity index (χ3v) is 3.29. The summed E-state index contributed by atoms with van der Waals surface area (Å²) in [5.41, 5.74) is -0.417. The van der Waals surface area contributed by atoms with Crippen LogP contribution in [0.5, 0.6) is 11.5 Å². The van der Waals surface area contributed by atoms with Crippen LogP contribution in [-0.2, 0) is 4.79 Å². The molecule has 0 saturated heterocycles. The van der Waals surface area contributed by atoms with Crippen LogP contribution in [0.15, 0.2) is 36.4 Å². The van der Waals surface area contributed by atoms with Gasteiger partial charge in [-0.05, 0) is 24.6 Å². The lowest BCUT2D eigenvalue weighted by Crippen LogP contribution is -2.20. The zero-order valence-corrected chi connectivity index (χ0v) is 13.9. The normalized spacial score (nSPS) is 10.1. The molecule has 136 valence electrons. The number of ether oxygens (including phenoxy) is 2. The molecule has 2 aromatic carbocycles. The highest BCUT2D eigenvalue weighted by molar-refractivity contribution is 5.93. The van der Waals surface area contributed by atoms with Crippen molar-refractivity contribution in [3.05, 3.63) is 62.2 Å². The average molecular weight is 361 g/mol. The first kappa shape index (κ1) is 18.6. The fourth-order valence-electron chi connectivity index (χ4n) is 2.20. The van der Waals surface area contributed by atoms with Gasteiger partial charge in [0.05, 0.1) is 22.6 Å². The van der Waals surface area contributed by atoms with E-state index in [1.54, 1.807) is 18.2 Å². The Morgan fingerprint density at radius 3 is 2.23 bits per heavy atom. The fourth-order valence-corrected chi connectivity index (χ4v) is 2.20. The molecule has 2 aromatic rings. The van der Waals surface area contributed by atoms with Crippen LogP contribution in [0.1, 0.15) is 5.56 Å². The number of nitro groups is 2. The molecule has 0 atom stereocenters. The number of hydrogen-bond donors (Lipinski definition) is 1. The largest absolute Gasteiger partial charge is 0.485 e. The molecule has 0 heterocycles. The van der Waals surface area contributed by atoms with Crippen LogP contribution in [0, 0.1) is 27.2 Å². The molecule has 1 N–H and O–H groups in total. The summed E-state index contributed by atoms with van der Waals surface area (Å²) in [5, 5.41) is 24.5. The van der Waals surface area contributed by atoms with Crippen molar-refractivity contribution in [2.45, 2.75) is 6.92 Å². The van der Waals surface area contributed by atoms with Crippen LogP contribution in [0.4, 0.5) is 17.1 Å². The van der Waals surface area contributed by atoms with Gasteiger partial charge in [0.15, 0.2) is 6.61 Å². The van der Waals surface area contributed by atoms with Crippen LogP contribution < -0.4 is 14.8 Å². The molecule has 0 aliphatic carbocycles. The Morgan fingerprint density at radius 1 is 1.12 bits per heavy atom. The first-order valence-corrected chi connectivity index (χ1v) is 7.32. The first-order chi connectivity index (χ1) is 12.3. The van der Waals surface area contributed by atoms with E-state index in [0.29, 0.717) is 5.75 Å². The lowest BCUT2D eigenvalue weighted by molar-refractivity contribution is -0.395. The number of aryl methyl sites for hydroxylation is 1. The number of anilines is 1. The SMILES string of the molecule is COc1c([N+](=O)[O-])cc(NC(=O)COc2cccc(C)c2)cc1[N+](=O)[O-]. The van der Waals surface area contributed by atoms with Crippen LogP contribution in [0.2, 0.25) is 0 Å². The summed E-state index contributed by atoms with van der Waals surface area (Å²) in [6.07, 6.45) is 0. The summed E-state index contributed by atoms with van der Waals surface area (Å²) in [6.45, 7) is 1.50. The van der Waals surface area contributed by atoms with Gasteiger partial charge in [-0.3, -0.25) is 25.0 Å². The number of carbonyl (C=O) groups excluding carboxylic acids is 1. The third kappa shape index (κ3) is 4.44. The summed E-state index contributed by atoms with van der Waals surface area (Å²) < 4.78 is 10.1. The standard InChI is InChI=1S/C16H15N3O7/c1-10-4-3-5-12(6-10)26-9-15(20)17-11-7-13(18(21)22)16(25-2)14(8-11)19(23)24/h3-8H,9H2,1-2H3,(H,17,20). The van der Waals surface area contributed by atoms with E-state index < -0.39 is 32.9 Å². The number of amides is 1. The van der Waals surface area contributed by atoms with E-state index in [2.05, 4.69) is 5.32 Å². The molecule has 2 rings (SSSR count). The number of carbonyl (C=O) groups is 1. The summed E-state index contributed by atoms with van der Waals surface area (Å²) >= 11 is 0. The molecule has 0 bridgehead atoms. The average Bonchev–Trinajstić information content (AvgIpc) is 2.59. The zero-order chi connectivity index (χ0) is 19.3. The zero-order valence-electron chi connectivity index (χ0n) is 13.9. The van der Waals surface area contributed by atoms with Gasteiger partial charge in [-0.25, -0.2) is 0 Å². The van der Waals surface area contributed by atoms with Crippen molar-refractivity contribution in [3.63, 3.8) is 0 Å². The molecule has 0 fully saturated rings. The second-order valence-corrected chi connectivity index (χ2v) is 5.22. The minimum Gasteiger partial charge on any atom is -0.485 e. The second-order valence-electron chi connectivity index (χ2n) is 5.22. The van der Waals surface area contributed by atoms with Gasteiger partial charge in [0.1, 0.15) is 5.75 Å². The van der Waals surface area contributed by atoms with Gasteiger partial charge in [0.25, 0.3) is 11.7 Å². The highest BCUT2D eigenvalue weighted by Crippen LogP contribution is 2.39. The monoisotopic (exact) mass is 361 g/mol. The number of methoxy groups -OCH3 is 1. The van der Waals surface area contributed by atoms with Gasteiger partial charge in [-0.1, -0.05) is 12.1 Å².